The van der Waals surface area contributed by atoms with E-state index in [1.807, 2.05) is 0 Å². The lowest BCUT2D eigenvalue weighted by Gasteiger charge is -2.39. The van der Waals surface area contributed by atoms with Crippen LogP contribution < -0.4 is 10.6 Å². The molecule has 6 nitrogen and oxygen atoms in total. The van der Waals surface area contributed by atoms with Crippen LogP contribution >= 0.6 is 0 Å². The highest BCUT2D eigenvalue weighted by Gasteiger charge is 2.30. The van der Waals surface area contributed by atoms with Crippen molar-refractivity contribution < 1.29 is 9.59 Å². The maximum Gasteiger partial charge on any atom is 0.252 e. The first-order chi connectivity index (χ1) is 12.7. The van der Waals surface area contributed by atoms with Gasteiger partial charge < -0.3 is 10.6 Å². The van der Waals surface area contributed by atoms with Gasteiger partial charge in [0.25, 0.3) is 5.91 Å². The third kappa shape index (κ3) is 5.27. The molecule has 1 atom stereocenters. The van der Waals surface area contributed by atoms with Crippen molar-refractivity contribution >= 4 is 11.8 Å². The summed E-state index contributed by atoms with van der Waals surface area (Å²) in [5.74, 6) is 0.0503. The molecular formula is C20H30N4O2. The van der Waals surface area contributed by atoms with Gasteiger partial charge in [-0.3, -0.25) is 19.5 Å². The molecule has 1 saturated heterocycles. The molecule has 1 aromatic rings. The van der Waals surface area contributed by atoms with Crippen molar-refractivity contribution in [2.45, 2.75) is 51.0 Å². The average molecular weight is 358 g/mol. The van der Waals surface area contributed by atoms with Crippen molar-refractivity contribution in [2.24, 2.45) is 5.92 Å². The summed E-state index contributed by atoms with van der Waals surface area (Å²) in [6.07, 6.45) is 11.8. The van der Waals surface area contributed by atoms with Crippen LogP contribution in [0, 0.1) is 5.92 Å². The maximum absolute atomic E-state index is 12.5. The van der Waals surface area contributed by atoms with Gasteiger partial charge in [-0.25, -0.2) is 0 Å². The molecule has 2 aliphatic rings. The lowest BCUT2D eigenvalue weighted by atomic mass is 9.90. The Balaban J connectivity index is 1.37. The summed E-state index contributed by atoms with van der Waals surface area (Å²) in [5, 5.41) is 5.80. The third-order valence-corrected chi connectivity index (χ3v) is 5.55. The molecule has 2 N–H and O–H groups in total. The topological polar surface area (TPSA) is 74.3 Å². The molecule has 0 radical (unpaired) electrons. The summed E-state index contributed by atoms with van der Waals surface area (Å²) in [7, 11) is 0. The zero-order valence-corrected chi connectivity index (χ0v) is 15.5. The fourth-order valence-corrected chi connectivity index (χ4v) is 4.10. The Morgan fingerprint density at radius 3 is 2.65 bits per heavy atom. The first-order valence-corrected chi connectivity index (χ1v) is 9.94. The average Bonchev–Trinajstić information content (AvgIpc) is 2.72. The van der Waals surface area contributed by atoms with Crippen molar-refractivity contribution in [3.05, 3.63) is 30.1 Å². The number of rotatable bonds is 6. The van der Waals surface area contributed by atoms with E-state index in [1.54, 1.807) is 18.3 Å². The summed E-state index contributed by atoms with van der Waals surface area (Å²) in [6.45, 7) is 2.91. The number of amides is 2. The van der Waals surface area contributed by atoms with Gasteiger partial charge in [0.2, 0.25) is 5.91 Å². The summed E-state index contributed by atoms with van der Waals surface area (Å²) >= 11 is 0. The molecule has 1 aliphatic carbocycles. The van der Waals surface area contributed by atoms with Gasteiger partial charge in [0.05, 0.1) is 11.5 Å². The van der Waals surface area contributed by atoms with E-state index in [0.717, 1.165) is 25.9 Å². The monoisotopic (exact) mass is 358 g/mol. The van der Waals surface area contributed by atoms with Crippen LogP contribution in [0.1, 0.15) is 55.3 Å². The Hall–Kier alpha value is -1.95. The number of aromatic nitrogens is 1. The Morgan fingerprint density at radius 2 is 1.88 bits per heavy atom. The summed E-state index contributed by atoms with van der Waals surface area (Å²) in [4.78, 5) is 30.9. The summed E-state index contributed by atoms with van der Waals surface area (Å²) in [5.41, 5.74) is 0.536. The fourth-order valence-electron chi connectivity index (χ4n) is 4.10. The third-order valence-electron chi connectivity index (χ3n) is 5.55. The lowest BCUT2D eigenvalue weighted by molar-refractivity contribution is -0.127. The smallest absolute Gasteiger partial charge is 0.252 e. The number of carbonyl (C=O) groups excluding carboxylic acids is 2. The molecule has 142 valence electrons. The molecule has 1 aliphatic heterocycles. The van der Waals surface area contributed by atoms with Crippen LogP contribution in [0.2, 0.25) is 0 Å². The second kappa shape index (κ2) is 9.67. The van der Waals surface area contributed by atoms with Crippen molar-refractivity contribution in [3.8, 4) is 0 Å². The lowest BCUT2D eigenvalue weighted by Crippen LogP contribution is -2.48. The van der Waals surface area contributed by atoms with Gasteiger partial charge in [-0.1, -0.05) is 19.3 Å². The molecular weight excluding hydrogens is 328 g/mol. The molecule has 6 heteroatoms. The first-order valence-electron chi connectivity index (χ1n) is 9.94. The van der Waals surface area contributed by atoms with Crippen LogP contribution in [0.15, 0.2) is 24.5 Å². The van der Waals surface area contributed by atoms with Gasteiger partial charge in [0.15, 0.2) is 0 Å². The second-order valence-corrected chi connectivity index (χ2v) is 7.41. The van der Waals surface area contributed by atoms with Crippen LogP contribution in [-0.2, 0) is 4.79 Å². The number of piperidine rings is 1. The second-order valence-electron chi connectivity index (χ2n) is 7.41. The molecule has 2 amide bonds. The van der Waals surface area contributed by atoms with Crippen LogP contribution in [0.5, 0.6) is 0 Å². The number of nitrogens with zero attached hydrogens (tertiary/aromatic N) is 2. The Labute approximate surface area is 155 Å². The van der Waals surface area contributed by atoms with Crippen molar-refractivity contribution in [1.29, 1.82) is 0 Å². The highest BCUT2D eigenvalue weighted by atomic mass is 16.2. The van der Waals surface area contributed by atoms with E-state index in [4.69, 9.17) is 0 Å². The van der Waals surface area contributed by atoms with Gasteiger partial charge in [-0.05, 0) is 44.4 Å². The SMILES string of the molecule is O=C(NCCNC(=O)[C@H]1CCCN(C2CCCCC2)C1)c1cccnc1. The zero-order chi connectivity index (χ0) is 18.2. The minimum atomic E-state index is -0.159. The Morgan fingerprint density at radius 1 is 1.08 bits per heavy atom. The van der Waals surface area contributed by atoms with Crippen LogP contribution in [0.3, 0.4) is 0 Å². The number of likely N-dealkylation sites (tertiary alicyclic amines) is 1. The minimum Gasteiger partial charge on any atom is -0.354 e. The molecule has 26 heavy (non-hydrogen) atoms. The largest absolute Gasteiger partial charge is 0.354 e. The van der Waals surface area contributed by atoms with Crippen molar-refractivity contribution in [2.75, 3.05) is 26.2 Å². The van der Waals surface area contributed by atoms with E-state index in [-0.39, 0.29) is 17.7 Å². The van der Waals surface area contributed by atoms with Crippen molar-refractivity contribution in [1.82, 2.24) is 20.5 Å². The van der Waals surface area contributed by atoms with E-state index < -0.39 is 0 Å². The van der Waals surface area contributed by atoms with Crippen LogP contribution in [0.4, 0.5) is 0 Å². The molecule has 2 heterocycles. The molecule has 3 rings (SSSR count). The number of nitrogens with one attached hydrogen (secondary N) is 2. The van der Waals surface area contributed by atoms with E-state index in [0.29, 0.717) is 24.7 Å². The summed E-state index contributed by atoms with van der Waals surface area (Å²) < 4.78 is 0. The maximum atomic E-state index is 12.5. The van der Waals surface area contributed by atoms with Crippen LogP contribution in [-0.4, -0.2) is 53.9 Å². The Kier molecular flexibility index (Phi) is 7.00. The first kappa shape index (κ1) is 18.8. The molecule has 0 aromatic carbocycles. The fraction of sp³-hybridized carbons (Fsp3) is 0.650. The van der Waals surface area contributed by atoms with E-state index in [2.05, 4.69) is 20.5 Å². The number of pyridine rings is 1. The molecule has 0 unspecified atom stereocenters. The quantitative estimate of drug-likeness (QED) is 0.763. The molecule has 1 saturated carbocycles. The number of carbonyl (C=O) groups is 2. The normalized spacial score (nSPS) is 21.9. The minimum absolute atomic E-state index is 0.0831. The number of hydrogen-bond acceptors (Lipinski definition) is 4. The molecule has 0 spiro atoms. The predicted octanol–water partition coefficient (Wildman–Crippen LogP) is 1.97. The number of hydrogen-bond donors (Lipinski definition) is 2. The van der Waals surface area contributed by atoms with Crippen molar-refractivity contribution in [3.63, 3.8) is 0 Å². The van der Waals surface area contributed by atoms with E-state index in [1.165, 1.54) is 38.3 Å². The highest BCUT2D eigenvalue weighted by molar-refractivity contribution is 5.93. The van der Waals surface area contributed by atoms with Gasteiger partial charge in [-0.15, -0.1) is 0 Å². The van der Waals surface area contributed by atoms with Gasteiger partial charge >= 0.3 is 0 Å². The highest BCUT2D eigenvalue weighted by Crippen LogP contribution is 2.27. The van der Waals surface area contributed by atoms with Gasteiger partial charge in [0, 0.05) is 38.1 Å². The molecule has 0 bridgehead atoms. The van der Waals surface area contributed by atoms with E-state index >= 15 is 0 Å². The standard InChI is InChI=1S/C20H30N4O2/c25-19(16-6-4-10-21-14-16)22-11-12-23-20(26)17-7-5-13-24(15-17)18-8-2-1-3-9-18/h4,6,10,14,17-18H,1-3,5,7-9,11-13,15H2,(H,22,25)(H,23,26)/t17-/m0/s1. The van der Waals surface area contributed by atoms with Crippen LogP contribution in [0.25, 0.3) is 0 Å². The molecule has 1 aromatic heterocycles. The summed E-state index contributed by atoms with van der Waals surface area (Å²) in [6, 6.07) is 4.14. The Bertz CT molecular complexity index is 587. The predicted molar refractivity (Wildman–Crippen MR) is 101 cm³/mol. The van der Waals surface area contributed by atoms with Gasteiger partial charge in [0.1, 0.15) is 0 Å². The molecule has 2 fully saturated rings. The zero-order valence-electron chi connectivity index (χ0n) is 15.5. The van der Waals surface area contributed by atoms with Gasteiger partial charge in [-0.2, -0.15) is 0 Å². The van der Waals surface area contributed by atoms with E-state index in [9.17, 15) is 9.59 Å².